The molecule has 0 aliphatic carbocycles. The number of nitrogens with two attached hydrogens (primary N) is 1. The van der Waals surface area contributed by atoms with Gasteiger partial charge in [-0.05, 0) is 37.1 Å². The fourth-order valence-electron chi connectivity index (χ4n) is 2.58. The van der Waals surface area contributed by atoms with E-state index in [-0.39, 0.29) is 0 Å². The highest BCUT2D eigenvalue weighted by Crippen LogP contribution is 2.11. The number of piperazine rings is 1. The van der Waals surface area contributed by atoms with Crippen LogP contribution in [-0.2, 0) is 6.42 Å². The fourth-order valence-corrected chi connectivity index (χ4v) is 2.70. The molecule has 106 valence electrons. The molecule has 1 fully saturated rings. The first-order valence-electron chi connectivity index (χ1n) is 7.17. The van der Waals surface area contributed by atoms with Gasteiger partial charge in [-0.25, -0.2) is 0 Å². The molecule has 1 aliphatic heterocycles. The Morgan fingerprint density at radius 2 is 1.53 bits per heavy atom. The van der Waals surface area contributed by atoms with Crippen LogP contribution in [0.15, 0.2) is 24.3 Å². The summed E-state index contributed by atoms with van der Waals surface area (Å²) in [4.78, 5) is 5.01. The molecule has 3 nitrogen and oxygen atoms in total. The third kappa shape index (κ3) is 5.11. The Morgan fingerprint density at radius 3 is 2.11 bits per heavy atom. The molecular formula is C15H24ClN3. The van der Waals surface area contributed by atoms with Crippen molar-refractivity contribution in [2.75, 3.05) is 45.8 Å². The molecule has 4 heteroatoms. The zero-order valence-corrected chi connectivity index (χ0v) is 12.3. The average Bonchev–Trinajstić information content (AvgIpc) is 2.43. The van der Waals surface area contributed by atoms with E-state index in [1.807, 2.05) is 12.1 Å². The van der Waals surface area contributed by atoms with Gasteiger partial charge in [0.25, 0.3) is 0 Å². The van der Waals surface area contributed by atoms with Gasteiger partial charge in [0, 0.05) is 44.3 Å². The molecule has 0 saturated carbocycles. The predicted molar refractivity (Wildman–Crippen MR) is 81.7 cm³/mol. The van der Waals surface area contributed by atoms with Crippen molar-refractivity contribution in [1.82, 2.24) is 9.80 Å². The Kier molecular flexibility index (Phi) is 6.11. The summed E-state index contributed by atoms with van der Waals surface area (Å²) in [5, 5.41) is 0.819. The average molecular weight is 282 g/mol. The molecule has 2 rings (SSSR count). The maximum Gasteiger partial charge on any atom is 0.0406 e. The van der Waals surface area contributed by atoms with Crippen molar-refractivity contribution in [3.8, 4) is 0 Å². The first-order chi connectivity index (χ1) is 9.28. The van der Waals surface area contributed by atoms with E-state index >= 15 is 0 Å². The maximum atomic E-state index is 5.89. The summed E-state index contributed by atoms with van der Waals surface area (Å²) in [5.41, 5.74) is 6.97. The van der Waals surface area contributed by atoms with Crippen molar-refractivity contribution in [3.63, 3.8) is 0 Å². The number of rotatable bonds is 6. The second-order valence-corrected chi connectivity index (χ2v) is 5.64. The summed E-state index contributed by atoms with van der Waals surface area (Å²) in [5.74, 6) is 0. The summed E-state index contributed by atoms with van der Waals surface area (Å²) in [7, 11) is 0. The number of hydrogen-bond donors (Lipinski definition) is 1. The molecule has 19 heavy (non-hydrogen) atoms. The van der Waals surface area contributed by atoms with Crippen molar-refractivity contribution >= 4 is 11.6 Å². The maximum absolute atomic E-state index is 5.89. The minimum absolute atomic E-state index is 0.774. The van der Waals surface area contributed by atoms with Gasteiger partial charge in [-0.1, -0.05) is 23.7 Å². The van der Waals surface area contributed by atoms with Gasteiger partial charge in [-0.15, -0.1) is 0 Å². The molecule has 1 aromatic rings. The first kappa shape index (κ1) is 14.8. The van der Waals surface area contributed by atoms with Crippen LogP contribution in [0.4, 0.5) is 0 Å². The zero-order chi connectivity index (χ0) is 13.5. The highest BCUT2D eigenvalue weighted by molar-refractivity contribution is 6.30. The summed E-state index contributed by atoms with van der Waals surface area (Å²) in [6, 6.07) is 8.20. The van der Waals surface area contributed by atoms with Crippen molar-refractivity contribution in [3.05, 3.63) is 34.9 Å². The SMILES string of the molecule is NCCN1CCN(CCCc2ccc(Cl)cc2)CC1. The Labute approximate surface area is 121 Å². The van der Waals surface area contributed by atoms with Crippen molar-refractivity contribution in [2.24, 2.45) is 5.73 Å². The fraction of sp³-hybridized carbons (Fsp3) is 0.600. The lowest BCUT2D eigenvalue weighted by Crippen LogP contribution is -2.47. The molecule has 1 saturated heterocycles. The molecule has 0 atom stereocenters. The summed E-state index contributed by atoms with van der Waals surface area (Å²) in [6.45, 7) is 7.70. The highest BCUT2D eigenvalue weighted by Gasteiger charge is 2.15. The largest absolute Gasteiger partial charge is 0.329 e. The van der Waals surface area contributed by atoms with Crippen LogP contribution in [0.3, 0.4) is 0 Å². The predicted octanol–water partition coefficient (Wildman–Crippen LogP) is 1.85. The van der Waals surface area contributed by atoms with Gasteiger partial charge in [0.05, 0.1) is 0 Å². The lowest BCUT2D eigenvalue weighted by molar-refractivity contribution is 0.134. The Morgan fingerprint density at radius 1 is 0.947 bits per heavy atom. The standard InChI is InChI=1S/C15H24ClN3/c16-15-5-3-14(4-6-15)2-1-8-18-10-12-19(9-7-17)13-11-18/h3-6H,1-2,7-13,17H2. The summed E-state index contributed by atoms with van der Waals surface area (Å²) < 4.78 is 0. The molecular weight excluding hydrogens is 258 g/mol. The van der Waals surface area contributed by atoms with Gasteiger partial charge in [0.15, 0.2) is 0 Å². The van der Waals surface area contributed by atoms with Crippen LogP contribution in [-0.4, -0.2) is 55.6 Å². The monoisotopic (exact) mass is 281 g/mol. The minimum Gasteiger partial charge on any atom is -0.329 e. The van der Waals surface area contributed by atoms with E-state index in [1.165, 1.54) is 31.6 Å². The second kappa shape index (κ2) is 7.85. The van der Waals surface area contributed by atoms with Crippen LogP contribution in [0, 0.1) is 0 Å². The van der Waals surface area contributed by atoms with E-state index in [1.54, 1.807) is 0 Å². The molecule has 1 aliphatic rings. The smallest absolute Gasteiger partial charge is 0.0406 e. The van der Waals surface area contributed by atoms with Crippen molar-refractivity contribution in [2.45, 2.75) is 12.8 Å². The lowest BCUT2D eigenvalue weighted by atomic mass is 10.1. The topological polar surface area (TPSA) is 32.5 Å². The molecule has 2 N–H and O–H groups in total. The lowest BCUT2D eigenvalue weighted by Gasteiger charge is -2.34. The number of nitrogens with zero attached hydrogens (tertiary/aromatic N) is 2. The molecule has 0 radical (unpaired) electrons. The van der Waals surface area contributed by atoms with E-state index in [0.29, 0.717) is 0 Å². The number of halogens is 1. The van der Waals surface area contributed by atoms with E-state index < -0.39 is 0 Å². The molecule has 1 aromatic carbocycles. The highest BCUT2D eigenvalue weighted by atomic mass is 35.5. The van der Waals surface area contributed by atoms with Gasteiger partial charge in [0.2, 0.25) is 0 Å². The minimum atomic E-state index is 0.774. The Bertz CT molecular complexity index is 358. The van der Waals surface area contributed by atoms with E-state index in [2.05, 4.69) is 21.9 Å². The van der Waals surface area contributed by atoms with Gasteiger partial charge in [-0.2, -0.15) is 0 Å². The first-order valence-corrected chi connectivity index (χ1v) is 7.55. The quantitative estimate of drug-likeness (QED) is 0.864. The van der Waals surface area contributed by atoms with Gasteiger partial charge >= 0.3 is 0 Å². The van der Waals surface area contributed by atoms with Crippen LogP contribution in [0.2, 0.25) is 5.02 Å². The van der Waals surface area contributed by atoms with Crippen LogP contribution in [0.5, 0.6) is 0 Å². The molecule has 1 heterocycles. The van der Waals surface area contributed by atoms with Crippen LogP contribution in [0.25, 0.3) is 0 Å². The van der Waals surface area contributed by atoms with Crippen molar-refractivity contribution < 1.29 is 0 Å². The molecule has 0 spiro atoms. The van der Waals surface area contributed by atoms with Crippen molar-refractivity contribution in [1.29, 1.82) is 0 Å². The molecule has 0 unspecified atom stereocenters. The molecule has 0 aromatic heterocycles. The molecule has 0 amide bonds. The normalized spacial score (nSPS) is 17.8. The van der Waals surface area contributed by atoms with Gasteiger partial charge < -0.3 is 10.6 Å². The van der Waals surface area contributed by atoms with Gasteiger partial charge in [-0.3, -0.25) is 4.90 Å². The molecule has 0 bridgehead atoms. The number of aryl methyl sites for hydroxylation is 1. The second-order valence-electron chi connectivity index (χ2n) is 5.20. The van der Waals surface area contributed by atoms with Crippen LogP contribution >= 0.6 is 11.6 Å². The Hall–Kier alpha value is -0.610. The number of hydrogen-bond acceptors (Lipinski definition) is 3. The van der Waals surface area contributed by atoms with Gasteiger partial charge in [0.1, 0.15) is 0 Å². The van der Waals surface area contributed by atoms with Crippen LogP contribution < -0.4 is 5.73 Å². The van der Waals surface area contributed by atoms with E-state index in [4.69, 9.17) is 17.3 Å². The third-order valence-corrected chi connectivity index (χ3v) is 4.02. The summed E-state index contributed by atoms with van der Waals surface area (Å²) in [6.07, 6.45) is 2.36. The summed E-state index contributed by atoms with van der Waals surface area (Å²) >= 11 is 5.89. The Balaban J connectivity index is 1.63. The van der Waals surface area contributed by atoms with Crippen LogP contribution in [0.1, 0.15) is 12.0 Å². The zero-order valence-electron chi connectivity index (χ0n) is 11.5. The van der Waals surface area contributed by atoms with E-state index in [9.17, 15) is 0 Å². The number of benzene rings is 1. The van der Waals surface area contributed by atoms with E-state index in [0.717, 1.165) is 37.6 Å². The third-order valence-electron chi connectivity index (χ3n) is 3.76.